The standard InChI is InChI=1S/C15H18N2/c1-3-12-4-6-13(7-5-12)15-9-8-14(10-16)11(2)17-15/h4-9H,3,10,16H2,1-2H3. The quantitative estimate of drug-likeness (QED) is 0.873. The summed E-state index contributed by atoms with van der Waals surface area (Å²) in [5.41, 5.74) is 11.3. The van der Waals surface area contributed by atoms with Crippen molar-refractivity contribution in [1.82, 2.24) is 4.98 Å². The first-order chi connectivity index (χ1) is 8.24. The topological polar surface area (TPSA) is 38.9 Å². The fraction of sp³-hybridized carbons (Fsp3) is 0.267. The zero-order valence-corrected chi connectivity index (χ0v) is 10.4. The average Bonchev–Trinajstić information content (AvgIpc) is 2.39. The monoisotopic (exact) mass is 226 g/mol. The van der Waals surface area contributed by atoms with Crippen molar-refractivity contribution in [2.75, 3.05) is 0 Å². The second-order valence-electron chi connectivity index (χ2n) is 4.20. The predicted octanol–water partition coefficient (Wildman–Crippen LogP) is 3.08. The third-order valence-electron chi connectivity index (χ3n) is 3.07. The van der Waals surface area contributed by atoms with Crippen LogP contribution in [-0.4, -0.2) is 4.98 Å². The minimum absolute atomic E-state index is 0.549. The Balaban J connectivity index is 2.35. The van der Waals surface area contributed by atoms with Crippen LogP contribution in [0.25, 0.3) is 11.3 Å². The van der Waals surface area contributed by atoms with Gasteiger partial charge in [0.05, 0.1) is 5.69 Å². The Labute approximate surface area is 103 Å². The van der Waals surface area contributed by atoms with Crippen molar-refractivity contribution in [3.05, 3.63) is 53.2 Å². The molecule has 0 aliphatic rings. The van der Waals surface area contributed by atoms with Crippen LogP contribution in [-0.2, 0) is 13.0 Å². The molecule has 0 saturated carbocycles. The van der Waals surface area contributed by atoms with Crippen LogP contribution in [0.2, 0.25) is 0 Å². The summed E-state index contributed by atoms with van der Waals surface area (Å²) in [6.45, 7) is 4.72. The largest absolute Gasteiger partial charge is 0.326 e. The maximum Gasteiger partial charge on any atom is 0.0705 e. The number of pyridine rings is 1. The van der Waals surface area contributed by atoms with Crippen molar-refractivity contribution in [2.45, 2.75) is 26.8 Å². The van der Waals surface area contributed by atoms with Crippen LogP contribution in [0.15, 0.2) is 36.4 Å². The Morgan fingerprint density at radius 3 is 2.29 bits per heavy atom. The molecule has 0 amide bonds. The van der Waals surface area contributed by atoms with Gasteiger partial charge in [0.25, 0.3) is 0 Å². The summed E-state index contributed by atoms with van der Waals surface area (Å²) >= 11 is 0. The highest BCUT2D eigenvalue weighted by Crippen LogP contribution is 2.19. The normalized spacial score (nSPS) is 10.5. The average molecular weight is 226 g/mol. The third kappa shape index (κ3) is 2.53. The molecular weight excluding hydrogens is 208 g/mol. The van der Waals surface area contributed by atoms with E-state index in [0.29, 0.717) is 6.54 Å². The smallest absolute Gasteiger partial charge is 0.0705 e. The lowest BCUT2D eigenvalue weighted by Crippen LogP contribution is -2.01. The first-order valence-corrected chi connectivity index (χ1v) is 6.00. The van der Waals surface area contributed by atoms with Crippen LogP contribution in [0.1, 0.15) is 23.7 Å². The van der Waals surface area contributed by atoms with Crippen LogP contribution < -0.4 is 5.73 Å². The zero-order valence-electron chi connectivity index (χ0n) is 10.4. The fourth-order valence-corrected chi connectivity index (χ4v) is 1.88. The number of hydrogen-bond acceptors (Lipinski definition) is 2. The maximum atomic E-state index is 5.64. The fourth-order valence-electron chi connectivity index (χ4n) is 1.88. The first-order valence-electron chi connectivity index (χ1n) is 6.00. The van der Waals surface area contributed by atoms with E-state index in [2.05, 4.69) is 42.2 Å². The molecule has 0 atom stereocenters. The Kier molecular flexibility index (Phi) is 3.55. The molecule has 0 bridgehead atoms. The number of nitrogens with two attached hydrogens (primary N) is 1. The van der Waals surface area contributed by atoms with Crippen molar-refractivity contribution in [3.8, 4) is 11.3 Å². The van der Waals surface area contributed by atoms with Gasteiger partial charge in [0.2, 0.25) is 0 Å². The maximum absolute atomic E-state index is 5.64. The van der Waals surface area contributed by atoms with Gasteiger partial charge in [0, 0.05) is 17.8 Å². The van der Waals surface area contributed by atoms with Crippen LogP contribution in [0.4, 0.5) is 0 Å². The highest BCUT2D eigenvalue weighted by molar-refractivity contribution is 5.60. The van der Waals surface area contributed by atoms with E-state index in [9.17, 15) is 0 Å². The summed E-state index contributed by atoms with van der Waals surface area (Å²) < 4.78 is 0. The summed E-state index contributed by atoms with van der Waals surface area (Å²) in [6, 6.07) is 12.7. The molecule has 0 fully saturated rings. The number of aryl methyl sites for hydroxylation is 2. The van der Waals surface area contributed by atoms with Crippen LogP contribution >= 0.6 is 0 Å². The molecule has 1 heterocycles. The molecule has 0 spiro atoms. The zero-order chi connectivity index (χ0) is 12.3. The lowest BCUT2D eigenvalue weighted by molar-refractivity contribution is 1.01. The lowest BCUT2D eigenvalue weighted by Gasteiger charge is -2.06. The molecule has 0 aliphatic heterocycles. The summed E-state index contributed by atoms with van der Waals surface area (Å²) in [5.74, 6) is 0. The van der Waals surface area contributed by atoms with Crippen LogP contribution in [0.5, 0.6) is 0 Å². The third-order valence-corrected chi connectivity index (χ3v) is 3.07. The number of aromatic nitrogens is 1. The van der Waals surface area contributed by atoms with E-state index < -0.39 is 0 Å². The second kappa shape index (κ2) is 5.11. The summed E-state index contributed by atoms with van der Waals surface area (Å²) in [5, 5.41) is 0. The minimum atomic E-state index is 0.549. The van der Waals surface area contributed by atoms with Gasteiger partial charge in [0.1, 0.15) is 0 Å². The molecule has 0 unspecified atom stereocenters. The Morgan fingerprint density at radius 2 is 1.76 bits per heavy atom. The van der Waals surface area contributed by atoms with Crippen molar-refractivity contribution >= 4 is 0 Å². The van der Waals surface area contributed by atoms with E-state index in [0.717, 1.165) is 28.9 Å². The highest BCUT2D eigenvalue weighted by atomic mass is 14.7. The van der Waals surface area contributed by atoms with Crippen LogP contribution in [0, 0.1) is 6.92 Å². The van der Waals surface area contributed by atoms with E-state index in [4.69, 9.17) is 5.73 Å². The van der Waals surface area contributed by atoms with Gasteiger partial charge in [-0.3, -0.25) is 4.98 Å². The van der Waals surface area contributed by atoms with Crippen molar-refractivity contribution in [3.63, 3.8) is 0 Å². The van der Waals surface area contributed by atoms with Crippen molar-refractivity contribution in [2.24, 2.45) is 5.73 Å². The van der Waals surface area contributed by atoms with E-state index in [1.165, 1.54) is 5.56 Å². The summed E-state index contributed by atoms with van der Waals surface area (Å²) in [7, 11) is 0. The molecule has 0 radical (unpaired) electrons. The van der Waals surface area contributed by atoms with Crippen molar-refractivity contribution in [1.29, 1.82) is 0 Å². The summed E-state index contributed by atoms with van der Waals surface area (Å²) in [4.78, 5) is 4.59. The van der Waals surface area contributed by atoms with Gasteiger partial charge >= 0.3 is 0 Å². The van der Waals surface area contributed by atoms with Gasteiger partial charge in [0.15, 0.2) is 0 Å². The molecule has 0 aliphatic carbocycles. The molecule has 2 aromatic rings. The number of nitrogens with zero attached hydrogens (tertiary/aromatic N) is 1. The second-order valence-corrected chi connectivity index (χ2v) is 4.20. The van der Waals surface area contributed by atoms with E-state index in [1.807, 2.05) is 13.0 Å². The molecular formula is C15H18N2. The number of rotatable bonds is 3. The number of hydrogen-bond donors (Lipinski definition) is 1. The molecule has 0 saturated heterocycles. The van der Waals surface area contributed by atoms with Gasteiger partial charge in [-0.2, -0.15) is 0 Å². The van der Waals surface area contributed by atoms with Gasteiger partial charge in [-0.05, 0) is 30.5 Å². The van der Waals surface area contributed by atoms with Crippen molar-refractivity contribution < 1.29 is 0 Å². The molecule has 2 heteroatoms. The molecule has 1 aromatic carbocycles. The van der Waals surface area contributed by atoms with Gasteiger partial charge in [-0.15, -0.1) is 0 Å². The van der Waals surface area contributed by atoms with Gasteiger partial charge in [-0.25, -0.2) is 0 Å². The predicted molar refractivity (Wildman–Crippen MR) is 71.7 cm³/mol. The molecule has 2 rings (SSSR count). The van der Waals surface area contributed by atoms with E-state index in [1.54, 1.807) is 0 Å². The molecule has 17 heavy (non-hydrogen) atoms. The van der Waals surface area contributed by atoms with Crippen LogP contribution in [0.3, 0.4) is 0 Å². The number of benzene rings is 1. The Morgan fingerprint density at radius 1 is 1.06 bits per heavy atom. The van der Waals surface area contributed by atoms with Gasteiger partial charge in [-0.1, -0.05) is 37.3 Å². The van der Waals surface area contributed by atoms with E-state index >= 15 is 0 Å². The molecule has 1 aromatic heterocycles. The molecule has 2 nitrogen and oxygen atoms in total. The Bertz CT molecular complexity index is 501. The highest BCUT2D eigenvalue weighted by Gasteiger charge is 2.02. The Hall–Kier alpha value is -1.67. The first kappa shape index (κ1) is 11.8. The van der Waals surface area contributed by atoms with Gasteiger partial charge < -0.3 is 5.73 Å². The lowest BCUT2D eigenvalue weighted by atomic mass is 10.1. The minimum Gasteiger partial charge on any atom is -0.326 e. The molecule has 88 valence electrons. The molecule has 2 N–H and O–H groups in total. The summed E-state index contributed by atoms with van der Waals surface area (Å²) in [6.07, 6.45) is 1.07. The van der Waals surface area contributed by atoms with E-state index in [-0.39, 0.29) is 0 Å². The SMILES string of the molecule is CCc1ccc(-c2ccc(CN)c(C)n2)cc1.